The molecule has 4 rings (SSSR count). The minimum Gasteiger partial charge on any atom is -0.497 e. The SMILES string of the molecule is COc1ccc(C(=O)Nc2ccc(-n3nc(C)cc3-c3ccccc3)c(N=O)c2)cc1. The molecule has 1 aromatic heterocycles. The Labute approximate surface area is 179 Å². The van der Waals surface area contributed by atoms with Gasteiger partial charge in [0.05, 0.1) is 24.2 Å². The van der Waals surface area contributed by atoms with Crippen LogP contribution in [0.15, 0.2) is 84.0 Å². The van der Waals surface area contributed by atoms with Crippen LogP contribution in [0.25, 0.3) is 16.9 Å². The number of aryl methyl sites for hydroxylation is 1. The molecule has 0 saturated heterocycles. The third kappa shape index (κ3) is 4.20. The summed E-state index contributed by atoms with van der Waals surface area (Å²) in [6, 6.07) is 23.5. The molecule has 31 heavy (non-hydrogen) atoms. The molecule has 0 spiro atoms. The van der Waals surface area contributed by atoms with E-state index in [2.05, 4.69) is 15.6 Å². The topological polar surface area (TPSA) is 85.6 Å². The van der Waals surface area contributed by atoms with Gasteiger partial charge < -0.3 is 10.1 Å². The van der Waals surface area contributed by atoms with Crippen LogP contribution in [0, 0.1) is 11.8 Å². The van der Waals surface area contributed by atoms with Crippen molar-refractivity contribution in [3.63, 3.8) is 0 Å². The van der Waals surface area contributed by atoms with Crippen LogP contribution in [0.1, 0.15) is 16.1 Å². The largest absolute Gasteiger partial charge is 0.497 e. The molecule has 0 aliphatic carbocycles. The normalized spacial score (nSPS) is 10.5. The van der Waals surface area contributed by atoms with Crippen LogP contribution in [0.5, 0.6) is 5.75 Å². The molecule has 1 heterocycles. The number of ether oxygens (including phenoxy) is 1. The Bertz CT molecular complexity index is 1230. The fourth-order valence-corrected chi connectivity index (χ4v) is 3.30. The van der Waals surface area contributed by atoms with E-state index < -0.39 is 0 Å². The maximum Gasteiger partial charge on any atom is 0.255 e. The van der Waals surface area contributed by atoms with Gasteiger partial charge in [-0.15, -0.1) is 4.91 Å². The summed E-state index contributed by atoms with van der Waals surface area (Å²) >= 11 is 0. The number of hydrogen-bond acceptors (Lipinski definition) is 5. The number of rotatable bonds is 6. The van der Waals surface area contributed by atoms with E-state index in [4.69, 9.17) is 4.74 Å². The van der Waals surface area contributed by atoms with Gasteiger partial charge in [0.2, 0.25) is 0 Å². The maximum atomic E-state index is 12.5. The van der Waals surface area contributed by atoms with Gasteiger partial charge in [-0.05, 0) is 60.6 Å². The first-order chi connectivity index (χ1) is 15.1. The van der Waals surface area contributed by atoms with Crippen LogP contribution in [0.2, 0.25) is 0 Å². The number of anilines is 1. The molecule has 0 aliphatic heterocycles. The van der Waals surface area contributed by atoms with E-state index in [1.165, 1.54) is 6.07 Å². The lowest BCUT2D eigenvalue weighted by atomic mass is 10.1. The first-order valence-corrected chi connectivity index (χ1v) is 9.64. The maximum absolute atomic E-state index is 12.5. The zero-order chi connectivity index (χ0) is 21.8. The van der Waals surface area contributed by atoms with Crippen molar-refractivity contribution in [1.29, 1.82) is 0 Å². The van der Waals surface area contributed by atoms with E-state index in [9.17, 15) is 9.70 Å². The molecule has 7 nitrogen and oxygen atoms in total. The minimum atomic E-state index is -0.299. The van der Waals surface area contributed by atoms with Gasteiger partial charge in [-0.3, -0.25) is 4.79 Å². The Morgan fingerprint density at radius 1 is 1.00 bits per heavy atom. The van der Waals surface area contributed by atoms with Gasteiger partial charge >= 0.3 is 0 Å². The zero-order valence-electron chi connectivity index (χ0n) is 17.1. The summed E-state index contributed by atoms with van der Waals surface area (Å²) in [6.45, 7) is 1.89. The summed E-state index contributed by atoms with van der Waals surface area (Å²) in [5.41, 5.74) is 4.27. The Morgan fingerprint density at radius 2 is 1.74 bits per heavy atom. The molecule has 4 aromatic rings. The van der Waals surface area contributed by atoms with Crippen molar-refractivity contribution >= 4 is 17.3 Å². The number of nitrogens with zero attached hydrogens (tertiary/aromatic N) is 3. The molecule has 0 radical (unpaired) electrons. The third-order valence-corrected chi connectivity index (χ3v) is 4.81. The van der Waals surface area contributed by atoms with Gasteiger partial charge in [0.25, 0.3) is 5.91 Å². The fourth-order valence-electron chi connectivity index (χ4n) is 3.30. The smallest absolute Gasteiger partial charge is 0.255 e. The van der Waals surface area contributed by atoms with E-state index >= 15 is 0 Å². The second-order valence-electron chi connectivity index (χ2n) is 6.93. The number of hydrogen-bond donors (Lipinski definition) is 1. The second-order valence-corrected chi connectivity index (χ2v) is 6.93. The number of nitroso groups, excluding NO2 is 1. The van der Waals surface area contributed by atoms with Gasteiger partial charge in [0.1, 0.15) is 11.4 Å². The lowest BCUT2D eigenvalue weighted by molar-refractivity contribution is 0.102. The van der Waals surface area contributed by atoms with E-state index in [0.29, 0.717) is 22.7 Å². The highest BCUT2D eigenvalue weighted by Gasteiger charge is 2.15. The number of nitrogens with one attached hydrogen (secondary N) is 1. The fraction of sp³-hybridized carbons (Fsp3) is 0.0833. The van der Waals surface area contributed by atoms with Crippen molar-refractivity contribution in [2.75, 3.05) is 12.4 Å². The average molecular weight is 412 g/mol. The molecule has 1 amide bonds. The van der Waals surface area contributed by atoms with Crippen LogP contribution in [0.4, 0.5) is 11.4 Å². The van der Waals surface area contributed by atoms with Crippen molar-refractivity contribution in [1.82, 2.24) is 9.78 Å². The van der Waals surface area contributed by atoms with Crippen molar-refractivity contribution in [3.05, 3.63) is 95.0 Å². The molecule has 0 aliphatic rings. The molecule has 154 valence electrons. The molecule has 0 bridgehead atoms. The predicted molar refractivity (Wildman–Crippen MR) is 120 cm³/mol. The summed E-state index contributed by atoms with van der Waals surface area (Å²) in [5, 5.41) is 10.5. The number of carbonyl (C=O) groups is 1. The van der Waals surface area contributed by atoms with Crippen molar-refractivity contribution in [3.8, 4) is 22.7 Å². The lowest BCUT2D eigenvalue weighted by Crippen LogP contribution is -2.12. The van der Waals surface area contributed by atoms with Gasteiger partial charge in [-0.2, -0.15) is 5.10 Å². The summed E-state index contributed by atoms with van der Waals surface area (Å²) in [7, 11) is 1.56. The zero-order valence-corrected chi connectivity index (χ0v) is 17.1. The highest BCUT2D eigenvalue weighted by atomic mass is 16.5. The number of methoxy groups -OCH3 is 1. The molecule has 7 heteroatoms. The predicted octanol–water partition coefficient (Wildman–Crippen LogP) is 5.51. The van der Waals surface area contributed by atoms with Crippen molar-refractivity contribution in [2.45, 2.75) is 6.92 Å². The minimum absolute atomic E-state index is 0.174. The van der Waals surface area contributed by atoms with Gasteiger partial charge in [0.15, 0.2) is 0 Å². The molecule has 0 saturated carbocycles. The Balaban J connectivity index is 1.65. The standard InChI is InChI=1S/C24H20N4O3/c1-16-14-23(17-6-4-3-5-7-17)28(26-16)22-13-10-19(15-21(22)27-30)25-24(29)18-8-11-20(31-2)12-9-18/h3-15H,1-2H3,(H,25,29). The van der Waals surface area contributed by atoms with Crippen LogP contribution in [-0.4, -0.2) is 22.8 Å². The molecular weight excluding hydrogens is 392 g/mol. The second kappa shape index (κ2) is 8.62. The van der Waals surface area contributed by atoms with Gasteiger partial charge in [-0.1, -0.05) is 30.3 Å². The molecular formula is C24H20N4O3. The summed E-state index contributed by atoms with van der Waals surface area (Å²) in [5.74, 6) is 0.365. The van der Waals surface area contributed by atoms with Crippen LogP contribution in [0.3, 0.4) is 0 Å². The highest BCUT2D eigenvalue weighted by Crippen LogP contribution is 2.31. The quantitative estimate of drug-likeness (QED) is 0.423. The van der Waals surface area contributed by atoms with Crippen molar-refractivity contribution in [2.24, 2.45) is 5.18 Å². The Kier molecular flexibility index (Phi) is 5.57. The average Bonchev–Trinajstić information content (AvgIpc) is 3.21. The van der Waals surface area contributed by atoms with Crippen LogP contribution < -0.4 is 10.1 Å². The monoisotopic (exact) mass is 412 g/mol. The van der Waals surface area contributed by atoms with Crippen LogP contribution in [-0.2, 0) is 0 Å². The first-order valence-electron chi connectivity index (χ1n) is 9.64. The Morgan fingerprint density at radius 3 is 2.42 bits per heavy atom. The van der Waals surface area contributed by atoms with E-state index in [-0.39, 0.29) is 11.6 Å². The molecule has 0 atom stereocenters. The van der Waals surface area contributed by atoms with Crippen LogP contribution >= 0.6 is 0 Å². The van der Waals surface area contributed by atoms with Gasteiger partial charge in [0, 0.05) is 16.8 Å². The number of aromatic nitrogens is 2. The number of benzene rings is 3. The molecule has 1 N–H and O–H groups in total. The Hall–Kier alpha value is -4.26. The number of carbonyl (C=O) groups excluding carboxylic acids is 1. The number of amides is 1. The summed E-state index contributed by atoms with van der Waals surface area (Å²) in [6.07, 6.45) is 0. The summed E-state index contributed by atoms with van der Waals surface area (Å²) in [4.78, 5) is 24.1. The molecule has 0 fully saturated rings. The molecule has 3 aromatic carbocycles. The molecule has 0 unspecified atom stereocenters. The van der Waals surface area contributed by atoms with E-state index in [1.54, 1.807) is 48.2 Å². The highest BCUT2D eigenvalue weighted by molar-refractivity contribution is 6.04. The first kappa shape index (κ1) is 20.0. The summed E-state index contributed by atoms with van der Waals surface area (Å²) < 4.78 is 6.80. The van der Waals surface area contributed by atoms with Gasteiger partial charge in [-0.25, -0.2) is 4.68 Å². The van der Waals surface area contributed by atoms with E-state index in [0.717, 1.165) is 17.0 Å². The van der Waals surface area contributed by atoms with Crippen molar-refractivity contribution < 1.29 is 9.53 Å². The van der Waals surface area contributed by atoms with E-state index in [1.807, 2.05) is 43.3 Å². The third-order valence-electron chi connectivity index (χ3n) is 4.81. The lowest BCUT2D eigenvalue weighted by Gasteiger charge is -2.11.